The lowest BCUT2D eigenvalue weighted by Crippen LogP contribution is -2.33. The monoisotopic (exact) mass is 488 g/mol. The number of amides is 2. The molecular weight excluding hydrogens is 468 g/mol. The molecular formula is C22H20N2O7S2. The van der Waals surface area contributed by atoms with E-state index in [1.165, 1.54) is 32.4 Å². The van der Waals surface area contributed by atoms with E-state index in [1.807, 2.05) is 0 Å². The van der Waals surface area contributed by atoms with Gasteiger partial charge in [0.1, 0.15) is 5.75 Å². The van der Waals surface area contributed by atoms with Gasteiger partial charge in [0, 0.05) is 7.05 Å². The van der Waals surface area contributed by atoms with E-state index in [4.69, 9.17) is 9.47 Å². The molecule has 33 heavy (non-hydrogen) atoms. The Hall–Kier alpha value is -3.70. The molecule has 0 unspecified atom stereocenters. The second kappa shape index (κ2) is 10.3. The Bertz CT molecular complexity index is 1250. The number of rotatable bonds is 8. The number of thiophene rings is 1. The highest BCUT2D eigenvalue weighted by molar-refractivity contribution is 7.92. The van der Waals surface area contributed by atoms with Crippen molar-refractivity contribution < 1.29 is 32.3 Å². The molecule has 172 valence electrons. The van der Waals surface area contributed by atoms with Crippen LogP contribution in [0.2, 0.25) is 0 Å². The lowest BCUT2D eigenvalue weighted by Gasteiger charge is -2.20. The third-order valence-corrected chi connectivity index (χ3v) is 7.15. The van der Waals surface area contributed by atoms with Crippen LogP contribution in [0.1, 0.15) is 20.0 Å². The van der Waals surface area contributed by atoms with E-state index in [-0.39, 0.29) is 10.5 Å². The predicted molar refractivity (Wildman–Crippen MR) is 122 cm³/mol. The zero-order chi connectivity index (χ0) is 24.0. The van der Waals surface area contributed by atoms with Gasteiger partial charge < -0.3 is 9.47 Å². The van der Waals surface area contributed by atoms with Crippen molar-refractivity contribution >= 4 is 44.8 Å². The first-order valence-electron chi connectivity index (χ1n) is 9.50. The molecule has 1 heterocycles. The standard InChI is InChI=1S/C22H20N2O7S2/c1-24(16-8-10-17(30-2)11-9-16)33(28,29)18-6-3-5-15(13-18)22(27)31-14-20(25)23-21(26)19-7-4-12-32-19/h3-13H,14H2,1-2H3,(H,23,25,26). The number of sulfonamides is 1. The summed E-state index contributed by atoms with van der Waals surface area (Å²) < 4.78 is 37.1. The van der Waals surface area contributed by atoms with Crippen LogP contribution in [0.4, 0.5) is 5.69 Å². The van der Waals surface area contributed by atoms with Crippen LogP contribution in [0.3, 0.4) is 0 Å². The fourth-order valence-corrected chi connectivity index (χ4v) is 4.58. The SMILES string of the molecule is COc1ccc(N(C)S(=O)(=O)c2cccc(C(=O)OCC(=O)NC(=O)c3cccs3)c2)cc1. The quantitative estimate of drug-likeness (QED) is 0.484. The molecule has 0 aliphatic rings. The third-order valence-electron chi connectivity index (χ3n) is 4.50. The molecule has 0 radical (unpaired) electrons. The number of esters is 1. The van der Waals surface area contributed by atoms with Crippen molar-refractivity contribution in [1.29, 1.82) is 0 Å². The summed E-state index contributed by atoms with van der Waals surface area (Å²) in [7, 11) is -1.09. The Labute approximate surface area is 194 Å². The Kier molecular flexibility index (Phi) is 7.46. The van der Waals surface area contributed by atoms with Gasteiger partial charge in [-0.05, 0) is 53.9 Å². The summed E-state index contributed by atoms with van der Waals surface area (Å²) in [5.41, 5.74) is 0.340. The fourth-order valence-electron chi connectivity index (χ4n) is 2.72. The molecule has 3 rings (SSSR count). The molecule has 0 aliphatic heterocycles. The van der Waals surface area contributed by atoms with E-state index in [1.54, 1.807) is 41.8 Å². The van der Waals surface area contributed by atoms with E-state index >= 15 is 0 Å². The van der Waals surface area contributed by atoms with Gasteiger partial charge in [0.15, 0.2) is 6.61 Å². The van der Waals surface area contributed by atoms with Crippen molar-refractivity contribution in [2.75, 3.05) is 25.1 Å². The smallest absolute Gasteiger partial charge is 0.338 e. The highest BCUT2D eigenvalue weighted by atomic mass is 32.2. The summed E-state index contributed by atoms with van der Waals surface area (Å²) in [6.07, 6.45) is 0. The van der Waals surface area contributed by atoms with Crippen LogP contribution in [0.5, 0.6) is 5.75 Å². The average Bonchev–Trinajstić information content (AvgIpc) is 3.37. The number of nitrogens with one attached hydrogen (secondary N) is 1. The summed E-state index contributed by atoms with van der Waals surface area (Å²) in [5.74, 6) is -1.72. The van der Waals surface area contributed by atoms with Gasteiger partial charge in [-0.3, -0.25) is 19.2 Å². The number of carbonyl (C=O) groups is 3. The van der Waals surface area contributed by atoms with Gasteiger partial charge in [0.25, 0.3) is 21.8 Å². The fraction of sp³-hybridized carbons (Fsp3) is 0.136. The van der Waals surface area contributed by atoms with Crippen molar-refractivity contribution in [3.05, 3.63) is 76.5 Å². The minimum atomic E-state index is -3.98. The van der Waals surface area contributed by atoms with Gasteiger partial charge >= 0.3 is 5.97 Å². The second-order valence-corrected chi connectivity index (χ2v) is 9.55. The molecule has 11 heteroatoms. The lowest BCUT2D eigenvalue weighted by molar-refractivity contribution is -0.123. The van der Waals surface area contributed by atoms with E-state index in [0.717, 1.165) is 21.7 Å². The number of hydrogen-bond acceptors (Lipinski definition) is 8. The van der Waals surface area contributed by atoms with Crippen LogP contribution in [0, 0.1) is 0 Å². The summed E-state index contributed by atoms with van der Waals surface area (Å²) in [4.78, 5) is 36.3. The Morgan fingerprint density at radius 3 is 2.39 bits per heavy atom. The molecule has 0 aliphatic carbocycles. The van der Waals surface area contributed by atoms with Crippen molar-refractivity contribution in [2.45, 2.75) is 4.90 Å². The summed E-state index contributed by atoms with van der Waals surface area (Å²) in [5, 5.41) is 3.80. The highest BCUT2D eigenvalue weighted by Crippen LogP contribution is 2.25. The van der Waals surface area contributed by atoms with Gasteiger partial charge in [-0.2, -0.15) is 0 Å². The molecule has 1 aromatic heterocycles. The summed E-state index contributed by atoms with van der Waals surface area (Å²) in [6, 6.07) is 14.9. The number of imide groups is 1. The molecule has 0 saturated heterocycles. The first kappa shape index (κ1) is 24.0. The predicted octanol–water partition coefficient (Wildman–Crippen LogP) is 2.70. The first-order chi connectivity index (χ1) is 15.7. The van der Waals surface area contributed by atoms with Crippen LogP contribution in [-0.4, -0.2) is 47.0 Å². The molecule has 3 aromatic rings. The molecule has 0 saturated carbocycles. The average molecular weight is 489 g/mol. The Balaban J connectivity index is 1.66. The van der Waals surface area contributed by atoms with Crippen LogP contribution < -0.4 is 14.4 Å². The molecule has 2 amide bonds. The zero-order valence-corrected chi connectivity index (χ0v) is 19.3. The number of nitrogens with zero attached hydrogens (tertiary/aromatic N) is 1. The topological polar surface area (TPSA) is 119 Å². The minimum absolute atomic E-state index is 0.0587. The number of methoxy groups -OCH3 is 1. The number of benzene rings is 2. The van der Waals surface area contributed by atoms with E-state index < -0.39 is 34.4 Å². The minimum Gasteiger partial charge on any atom is -0.497 e. The van der Waals surface area contributed by atoms with E-state index in [9.17, 15) is 22.8 Å². The molecule has 1 N–H and O–H groups in total. The second-order valence-electron chi connectivity index (χ2n) is 6.63. The molecule has 0 spiro atoms. The normalized spacial score (nSPS) is 10.8. The maximum atomic E-state index is 13.0. The molecule has 9 nitrogen and oxygen atoms in total. The first-order valence-corrected chi connectivity index (χ1v) is 11.8. The molecule has 0 atom stereocenters. The van der Waals surface area contributed by atoms with Crippen LogP contribution in [0.25, 0.3) is 0 Å². The van der Waals surface area contributed by atoms with Gasteiger partial charge in [0.05, 0.1) is 28.1 Å². The summed E-state index contributed by atoms with van der Waals surface area (Å²) >= 11 is 1.16. The van der Waals surface area contributed by atoms with E-state index in [2.05, 4.69) is 5.32 Å². The van der Waals surface area contributed by atoms with Gasteiger partial charge in [-0.25, -0.2) is 13.2 Å². The summed E-state index contributed by atoms with van der Waals surface area (Å²) in [6.45, 7) is -0.696. The van der Waals surface area contributed by atoms with Gasteiger partial charge in [0.2, 0.25) is 0 Å². The number of anilines is 1. The van der Waals surface area contributed by atoms with E-state index in [0.29, 0.717) is 16.3 Å². The zero-order valence-electron chi connectivity index (χ0n) is 17.7. The molecule has 2 aromatic carbocycles. The highest BCUT2D eigenvalue weighted by Gasteiger charge is 2.23. The molecule has 0 bridgehead atoms. The van der Waals surface area contributed by atoms with Crippen molar-refractivity contribution in [1.82, 2.24) is 5.32 Å². The Morgan fingerprint density at radius 2 is 1.76 bits per heavy atom. The molecule has 0 fully saturated rings. The Morgan fingerprint density at radius 1 is 1.03 bits per heavy atom. The number of carbonyl (C=O) groups excluding carboxylic acids is 3. The van der Waals surface area contributed by atoms with Crippen LogP contribution >= 0.6 is 11.3 Å². The lowest BCUT2D eigenvalue weighted by atomic mass is 10.2. The van der Waals surface area contributed by atoms with Crippen molar-refractivity contribution in [3.8, 4) is 5.75 Å². The third kappa shape index (κ3) is 5.76. The maximum Gasteiger partial charge on any atom is 0.338 e. The number of ether oxygens (including phenoxy) is 2. The van der Waals surface area contributed by atoms with Crippen molar-refractivity contribution in [2.24, 2.45) is 0 Å². The number of hydrogen-bond donors (Lipinski definition) is 1. The largest absolute Gasteiger partial charge is 0.497 e. The van der Waals surface area contributed by atoms with Crippen molar-refractivity contribution in [3.63, 3.8) is 0 Å². The van der Waals surface area contributed by atoms with Crippen LogP contribution in [-0.2, 0) is 19.6 Å². The van der Waals surface area contributed by atoms with Crippen LogP contribution in [0.15, 0.2) is 70.9 Å². The van der Waals surface area contributed by atoms with Gasteiger partial charge in [-0.1, -0.05) is 12.1 Å². The van der Waals surface area contributed by atoms with Gasteiger partial charge in [-0.15, -0.1) is 11.3 Å². The maximum absolute atomic E-state index is 13.0.